The summed E-state index contributed by atoms with van der Waals surface area (Å²) in [5.41, 5.74) is 5.25. The Morgan fingerprint density at radius 2 is 1.70 bits per heavy atom. The van der Waals surface area contributed by atoms with Gasteiger partial charge in [0.15, 0.2) is 0 Å². The van der Waals surface area contributed by atoms with Crippen LogP contribution in [0.5, 0.6) is 0 Å². The minimum absolute atomic E-state index is 0.104. The smallest absolute Gasteiger partial charge is 0.307 e. The van der Waals surface area contributed by atoms with Crippen molar-refractivity contribution in [3.05, 3.63) is 70.0 Å². The Morgan fingerprint density at radius 1 is 1.07 bits per heavy atom. The van der Waals surface area contributed by atoms with E-state index >= 15 is 0 Å². The highest BCUT2D eigenvalue weighted by molar-refractivity contribution is 7.92. The number of aryl methyl sites for hydroxylation is 3. The van der Waals surface area contributed by atoms with Gasteiger partial charge in [0, 0.05) is 0 Å². The van der Waals surface area contributed by atoms with Crippen molar-refractivity contribution >= 4 is 21.7 Å². The molecular weight excluding hydrogens is 402 g/mol. The third kappa shape index (κ3) is 4.09. The number of nitrogens with one attached hydrogen (secondary N) is 1. The monoisotopic (exact) mass is 427 g/mol. The summed E-state index contributed by atoms with van der Waals surface area (Å²) in [6, 6.07) is 9.47. The summed E-state index contributed by atoms with van der Waals surface area (Å²) in [6.07, 6.45) is 1.24. The van der Waals surface area contributed by atoms with Gasteiger partial charge >= 0.3 is 5.97 Å². The van der Waals surface area contributed by atoms with Crippen LogP contribution in [0, 0.1) is 34.6 Å². The van der Waals surface area contributed by atoms with Crippen molar-refractivity contribution in [2.24, 2.45) is 0 Å². The molecule has 0 saturated heterocycles. The zero-order valence-corrected chi connectivity index (χ0v) is 18.5. The number of nitrogens with zero attached hydrogens (tertiary/aromatic N) is 2. The lowest BCUT2D eigenvalue weighted by atomic mass is 9.97. The molecule has 0 aliphatic rings. The van der Waals surface area contributed by atoms with Gasteiger partial charge in [0.1, 0.15) is 0 Å². The number of carboxylic acid groups (broad SMARTS) is 1. The standard InChI is InChI=1S/C22H25N3O4S/c1-13-6-8-18(9-7-13)25-17(5)20(12-23-25)24-30(28,29)22-15(3)10-14(2)19(16(22)4)11-21(26)27/h6-10,12,24H,11H2,1-5H3,(H,26,27). The topological polar surface area (TPSA) is 101 Å². The van der Waals surface area contributed by atoms with Gasteiger partial charge in [0.05, 0.1) is 34.6 Å². The molecule has 0 bridgehead atoms. The molecule has 2 aromatic carbocycles. The summed E-state index contributed by atoms with van der Waals surface area (Å²) in [4.78, 5) is 11.3. The number of rotatable bonds is 6. The molecule has 8 heteroatoms. The van der Waals surface area contributed by atoms with Gasteiger partial charge < -0.3 is 5.11 Å². The van der Waals surface area contributed by atoms with Gasteiger partial charge in [0.25, 0.3) is 10.0 Å². The molecule has 0 unspecified atom stereocenters. The van der Waals surface area contributed by atoms with E-state index in [0.29, 0.717) is 28.1 Å². The molecule has 0 amide bonds. The predicted octanol–water partition coefficient (Wildman–Crippen LogP) is 3.84. The zero-order chi connectivity index (χ0) is 22.2. The van der Waals surface area contributed by atoms with Gasteiger partial charge in [-0.2, -0.15) is 5.10 Å². The first kappa shape index (κ1) is 21.6. The van der Waals surface area contributed by atoms with Crippen molar-refractivity contribution in [1.29, 1.82) is 0 Å². The summed E-state index contributed by atoms with van der Waals surface area (Å²) in [6.45, 7) is 8.93. The summed E-state index contributed by atoms with van der Waals surface area (Å²) in [5.74, 6) is -1.00. The second kappa shape index (κ2) is 7.95. The van der Waals surface area contributed by atoms with Crippen LogP contribution in [-0.4, -0.2) is 29.3 Å². The Hall–Kier alpha value is -3.13. The van der Waals surface area contributed by atoms with Crippen molar-refractivity contribution in [2.75, 3.05) is 4.72 Å². The Morgan fingerprint density at radius 3 is 2.30 bits per heavy atom. The van der Waals surface area contributed by atoms with Crippen molar-refractivity contribution in [3.8, 4) is 5.69 Å². The molecule has 7 nitrogen and oxygen atoms in total. The highest BCUT2D eigenvalue weighted by Gasteiger charge is 2.25. The molecular formula is C22H25N3O4S. The number of carboxylic acids is 1. The minimum atomic E-state index is -3.94. The molecule has 3 aromatic rings. The average Bonchev–Trinajstić information content (AvgIpc) is 2.98. The van der Waals surface area contributed by atoms with Crippen molar-refractivity contribution in [1.82, 2.24) is 9.78 Å². The molecule has 0 fully saturated rings. The quantitative estimate of drug-likeness (QED) is 0.622. The molecule has 3 rings (SSSR count). The van der Waals surface area contributed by atoms with E-state index in [9.17, 15) is 18.3 Å². The van der Waals surface area contributed by atoms with Crippen LogP contribution in [0.1, 0.15) is 33.5 Å². The predicted molar refractivity (Wildman–Crippen MR) is 116 cm³/mol. The van der Waals surface area contributed by atoms with Crippen molar-refractivity contribution in [2.45, 2.75) is 45.9 Å². The van der Waals surface area contributed by atoms with Gasteiger partial charge in [-0.3, -0.25) is 9.52 Å². The second-order valence-corrected chi connectivity index (χ2v) is 9.13. The maximum atomic E-state index is 13.2. The molecule has 0 saturated carbocycles. The lowest BCUT2D eigenvalue weighted by Gasteiger charge is -2.17. The Balaban J connectivity index is 2.02. The molecule has 0 atom stereocenters. The Bertz CT molecular complexity index is 1230. The first-order chi connectivity index (χ1) is 14.0. The van der Waals surface area contributed by atoms with E-state index in [-0.39, 0.29) is 11.3 Å². The van der Waals surface area contributed by atoms with E-state index < -0.39 is 16.0 Å². The lowest BCUT2D eigenvalue weighted by Crippen LogP contribution is -2.18. The van der Waals surface area contributed by atoms with E-state index in [1.165, 1.54) is 6.20 Å². The van der Waals surface area contributed by atoms with Gasteiger partial charge in [-0.15, -0.1) is 0 Å². The van der Waals surface area contributed by atoms with Gasteiger partial charge in [-0.05, 0) is 69.0 Å². The number of hydrogen-bond donors (Lipinski definition) is 2. The molecule has 0 aliphatic carbocycles. The molecule has 1 heterocycles. The number of aromatic nitrogens is 2. The fourth-order valence-electron chi connectivity index (χ4n) is 3.69. The Kier molecular flexibility index (Phi) is 5.72. The van der Waals surface area contributed by atoms with Crippen LogP contribution in [0.4, 0.5) is 5.69 Å². The summed E-state index contributed by atoms with van der Waals surface area (Å²) in [5, 5.41) is 13.5. The van der Waals surface area contributed by atoms with Crippen LogP contribution in [-0.2, 0) is 21.2 Å². The lowest BCUT2D eigenvalue weighted by molar-refractivity contribution is -0.136. The molecule has 0 radical (unpaired) electrons. The van der Waals surface area contributed by atoms with Gasteiger partial charge in [0.2, 0.25) is 0 Å². The number of carbonyl (C=O) groups is 1. The minimum Gasteiger partial charge on any atom is -0.481 e. The largest absolute Gasteiger partial charge is 0.481 e. The number of benzene rings is 2. The molecule has 30 heavy (non-hydrogen) atoms. The third-order valence-electron chi connectivity index (χ3n) is 5.19. The van der Waals surface area contributed by atoms with Gasteiger partial charge in [-0.25, -0.2) is 13.1 Å². The molecule has 2 N–H and O–H groups in total. The van der Waals surface area contributed by atoms with E-state index in [2.05, 4.69) is 9.82 Å². The normalized spacial score (nSPS) is 11.5. The molecule has 0 spiro atoms. The molecule has 1 aromatic heterocycles. The first-order valence-corrected chi connectivity index (χ1v) is 11.0. The number of hydrogen-bond acceptors (Lipinski definition) is 4. The number of sulfonamides is 1. The van der Waals surface area contributed by atoms with E-state index in [4.69, 9.17) is 0 Å². The number of anilines is 1. The SMILES string of the molecule is Cc1ccc(-n2ncc(NS(=O)(=O)c3c(C)cc(C)c(CC(=O)O)c3C)c2C)cc1. The Labute approximate surface area is 176 Å². The van der Waals surface area contributed by atoms with Crippen molar-refractivity contribution in [3.63, 3.8) is 0 Å². The molecule has 158 valence electrons. The fourth-order valence-corrected chi connectivity index (χ4v) is 5.30. The fraction of sp³-hybridized carbons (Fsp3) is 0.273. The first-order valence-electron chi connectivity index (χ1n) is 9.47. The molecule has 0 aliphatic heterocycles. The van der Waals surface area contributed by atoms with E-state index in [0.717, 1.165) is 16.8 Å². The van der Waals surface area contributed by atoms with Crippen LogP contribution in [0.3, 0.4) is 0 Å². The highest BCUT2D eigenvalue weighted by atomic mass is 32.2. The maximum absolute atomic E-state index is 13.2. The van der Waals surface area contributed by atoms with Crippen molar-refractivity contribution < 1.29 is 18.3 Å². The zero-order valence-electron chi connectivity index (χ0n) is 17.6. The van der Waals surface area contributed by atoms with Crippen LogP contribution < -0.4 is 4.72 Å². The van der Waals surface area contributed by atoms with Crippen LogP contribution in [0.2, 0.25) is 0 Å². The average molecular weight is 428 g/mol. The second-order valence-electron chi connectivity index (χ2n) is 7.51. The summed E-state index contributed by atoms with van der Waals surface area (Å²) >= 11 is 0. The summed E-state index contributed by atoms with van der Waals surface area (Å²) in [7, 11) is -3.94. The third-order valence-corrected chi connectivity index (χ3v) is 6.84. The highest BCUT2D eigenvalue weighted by Crippen LogP contribution is 2.29. The summed E-state index contributed by atoms with van der Waals surface area (Å²) < 4.78 is 30.8. The van der Waals surface area contributed by atoms with E-state index in [1.54, 1.807) is 38.4 Å². The van der Waals surface area contributed by atoms with Crippen LogP contribution in [0.25, 0.3) is 5.69 Å². The van der Waals surface area contributed by atoms with Gasteiger partial charge in [-0.1, -0.05) is 23.8 Å². The number of aliphatic carboxylic acids is 1. The maximum Gasteiger partial charge on any atom is 0.307 e. The van der Waals surface area contributed by atoms with Crippen LogP contribution in [0.15, 0.2) is 41.4 Å². The van der Waals surface area contributed by atoms with Crippen LogP contribution >= 0.6 is 0 Å². The van der Waals surface area contributed by atoms with E-state index in [1.807, 2.05) is 31.2 Å².